The van der Waals surface area contributed by atoms with Crippen molar-refractivity contribution in [2.75, 3.05) is 12.3 Å². The van der Waals surface area contributed by atoms with Gasteiger partial charge in [0.05, 0.1) is 18.2 Å². The molecule has 0 spiro atoms. The Morgan fingerprint density at radius 1 is 1.27 bits per heavy atom. The summed E-state index contributed by atoms with van der Waals surface area (Å²) < 4.78 is 22.3. The number of ether oxygens (including phenoxy) is 1. The number of rotatable bonds is 1. The summed E-state index contributed by atoms with van der Waals surface area (Å²) in [6.07, 6.45) is 4.17. The second-order valence-electron chi connectivity index (χ2n) is 6.82. The zero-order valence-corrected chi connectivity index (χ0v) is 13.0. The Morgan fingerprint density at radius 2 is 2.05 bits per heavy atom. The van der Waals surface area contributed by atoms with E-state index in [1.807, 2.05) is 4.57 Å². The molecule has 0 aromatic carbocycles. The van der Waals surface area contributed by atoms with Crippen LogP contribution in [-0.4, -0.2) is 26.8 Å². The van der Waals surface area contributed by atoms with Crippen molar-refractivity contribution in [3.05, 3.63) is 17.1 Å². The third kappa shape index (κ3) is 1.93. The Kier molecular flexibility index (Phi) is 2.95. The number of imidazole rings is 1. The number of nitrogens with zero attached hydrogens (tertiary/aromatic N) is 3. The van der Waals surface area contributed by atoms with E-state index in [1.165, 1.54) is 5.56 Å². The lowest BCUT2D eigenvalue weighted by Gasteiger charge is -2.33. The van der Waals surface area contributed by atoms with Crippen LogP contribution in [0.4, 0.5) is 10.2 Å². The summed E-state index contributed by atoms with van der Waals surface area (Å²) in [5, 5.41) is 0. The Bertz CT molecular complexity index is 747. The molecule has 2 N–H and O–H groups in total. The van der Waals surface area contributed by atoms with Crippen LogP contribution in [0.3, 0.4) is 0 Å². The summed E-state index contributed by atoms with van der Waals surface area (Å²) in [5.41, 5.74) is 8.68. The molecule has 0 saturated carbocycles. The monoisotopic (exact) mass is 304 g/mol. The number of aryl methyl sites for hydroxylation is 2. The highest BCUT2D eigenvalue weighted by Gasteiger charge is 2.37. The topological polar surface area (TPSA) is 66.0 Å². The summed E-state index contributed by atoms with van der Waals surface area (Å²) in [5.74, 6) is 1.21. The number of fused-ring (bicyclic) bond motifs is 5. The Morgan fingerprint density at radius 3 is 2.82 bits per heavy atom. The van der Waals surface area contributed by atoms with Gasteiger partial charge in [-0.05, 0) is 45.1 Å². The zero-order chi connectivity index (χ0) is 15.5. The van der Waals surface area contributed by atoms with E-state index in [0.717, 1.165) is 42.7 Å². The first kappa shape index (κ1) is 13.9. The van der Waals surface area contributed by atoms with Gasteiger partial charge in [-0.1, -0.05) is 0 Å². The van der Waals surface area contributed by atoms with Gasteiger partial charge in [0.25, 0.3) is 0 Å². The van der Waals surface area contributed by atoms with E-state index >= 15 is 0 Å². The van der Waals surface area contributed by atoms with Crippen molar-refractivity contribution in [3.63, 3.8) is 0 Å². The van der Waals surface area contributed by atoms with Crippen LogP contribution in [0.1, 0.15) is 49.8 Å². The Labute approximate surface area is 128 Å². The lowest BCUT2D eigenvalue weighted by Crippen LogP contribution is -2.37. The van der Waals surface area contributed by atoms with Crippen molar-refractivity contribution < 1.29 is 9.13 Å². The molecule has 22 heavy (non-hydrogen) atoms. The molecule has 118 valence electrons. The highest BCUT2D eigenvalue weighted by Crippen LogP contribution is 2.39. The van der Waals surface area contributed by atoms with Crippen LogP contribution in [-0.2, 0) is 24.2 Å². The minimum absolute atomic E-state index is 0.360. The highest BCUT2D eigenvalue weighted by molar-refractivity contribution is 5.89. The highest BCUT2D eigenvalue weighted by atomic mass is 19.1. The maximum absolute atomic E-state index is 14.7. The molecule has 6 heteroatoms. The summed E-state index contributed by atoms with van der Waals surface area (Å²) in [7, 11) is 0. The van der Waals surface area contributed by atoms with Gasteiger partial charge in [0.1, 0.15) is 23.6 Å². The summed E-state index contributed by atoms with van der Waals surface area (Å²) in [6, 6.07) is -0.380. The van der Waals surface area contributed by atoms with Crippen LogP contribution < -0.4 is 5.73 Å². The van der Waals surface area contributed by atoms with Crippen LogP contribution in [0.5, 0.6) is 0 Å². The molecule has 0 fully saturated rings. The predicted molar refractivity (Wildman–Crippen MR) is 82.5 cm³/mol. The predicted octanol–water partition coefficient (Wildman–Crippen LogP) is 2.71. The molecule has 0 unspecified atom stereocenters. The van der Waals surface area contributed by atoms with Crippen molar-refractivity contribution in [3.8, 4) is 0 Å². The van der Waals surface area contributed by atoms with E-state index in [2.05, 4.69) is 9.97 Å². The van der Waals surface area contributed by atoms with E-state index < -0.39 is 5.67 Å². The summed E-state index contributed by atoms with van der Waals surface area (Å²) in [6.45, 7) is 3.95. The molecule has 2 aliphatic rings. The summed E-state index contributed by atoms with van der Waals surface area (Å²) >= 11 is 0. The number of nitrogens with two attached hydrogens (primary N) is 1. The van der Waals surface area contributed by atoms with Crippen LogP contribution in [0.25, 0.3) is 11.0 Å². The smallest absolute Gasteiger partial charge is 0.151 e. The molecule has 1 aliphatic heterocycles. The Hall–Kier alpha value is -1.69. The van der Waals surface area contributed by atoms with Crippen molar-refractivity contribution >= 4 is 16.9 Å². The van der Waals surface area contributed by atoms with Gasteiger partial charge in [-0.15, -0.1) is 0 Å². The second-order valence-corrected chi connectivity index (χ2v) is 6.82. The molecule has 5 nitrogen and oxygen atoms in total. The van der Waals surface area contributed by atoms with Gasteiger partial charge < -0.3 is 15.0 Å². The van der Waals surface area contributed by atoms with Crippen molar-refractivity contribution in [2.45, 2.75) is 57.8 Å². The van der Waals surface area contributed by atoms with Gasteiger partial charge in [-0.2, -0.15) is 0 Å². The van der Waals surface area contributed by atoms with E-state index in [1.54, 1.807) is 13.8 Å². The first-order valence-corrected chi connectivity index (χ1v) is 7.91. The quantitative estimate of drug-likeness (QED) is 0.879. The molecule has 0 amide bonds. The molecule has 0 bridgehead atoms. The van der Waals surface area contributed by atoms with Crippen LogP contribution in [0.15, 0.2) is 0 Å². The van der Waals surface area contributed by atoms with Crippen molar-refractivity contribution in [2.24, 2.45) is 0 Å². The van der Waals surface area contributed by atoms with Gasteiger partial charge in [-0.3, -0.25) is 0 Å². The normalized spacial score (nSPS) is 21.7. The number of hydrogen-bond donors (Lipinski definition) is 1. The SMILES string of the molecule is CC(C)(F)[C@H]1COCc2nc3c(N)nc4c(c3n21)CCCC4. The first-order valence-electron chi connectivity index (χ1n) is 7.91. The van der Waals surface area contributed by atoms with Crippen LogP contribution in [0.2, 0.25) is 0 Å². The van der Waals surface area contributed by atoms with Crippen molar-refractivity contribution in [1.29, 1.82) is 0 Å². The van der Waals surface area contributed by atoms with Gasteiger partial charge in [0.2, 0.25) is 0 Å². The van der Waals surface area contributed by atoms with E-state index in [9.17, 15) is 4.39 Å². The van der Waals surface area contributed by atoms with Crippen LogP contribution in [0, 0.1) is 0 Å². The second kappa shape index (κ2) is 4.65. The third-order valence-corrected chi connectivity index (χ3v) is 4.82. The molecule has 3 heterocycles. The first-order chi connectivity index (χ1) is 10.5. The van der Waals surface area contributed by atoms with E-state index in [0.29, 0.717) is 24.5 Å². The molecule has 4 rings (SSSR count). The molecule has 2 aromatic heterocycles. The van der Waals surface area contributed by atoms with Gasteiger partial charge >= 0.3 is 0 Å². The largest absolute Gasteiger partial charge is 0.382 e. The fourth-order valence-corrected chi connectivity index (χ4v) is 3.69. The zero-order valence-electron chi connectivity index (χ0n) is 13.0. The number of pyridine rings is 1. The minimum atomic E-state index is -1.39. The van der Waals surface area contributed by atoms with Crippen LogP contribution >= 0.6 is 0 Å². The van der Waals surface area contributed by atoms with Gasteiger partial charge in [0, 0.05) is 5.69 Å². The lowest BCUT2D eigenvalue weighted by atomic mass is 9.93. The molecular formula is C16H21FN4O. The maximum Gasteiger partial charge on any atom is 0.151 e. The Balaban J connectivity index is 2.05. The average molecular weight is 304 g/mol. The average Bonchev–Trinajstić information content (AvgIpc) is 2.86. The maximum atomic E-state index is 14.7. The van der Waals surface area contributed by atoms with E-state index in [4.69, 9.17) is 10.5 Å². The lowest BCUT2D eigenvalue weighted by molar-refractivity contribution is -0.00227. The van der Waals surface area contributed by atoms with E-state index in [-0.39, 0.29) is 6.04 Å². The molecular weight excluding hydrogens is 283 g/mol. The molecule has 1 aliphatic carbocycles. The molecule has 2 aromatic rings. The third-order valence-electron chi connectivity index (χ3n) is 4.82. The molecule has 0 saturated heterocycles. The number of aromatic nitrogens is 3. The number of anilines is 1. The number of halogens is 1. The van der Waals surface area contributed by atoms with Gasteiger partial charge in [0.15, 0.2) is 5.82 Å². The molecule has 1 atom stereocenters. The van der Waals surface area contributed by atoms with Crippen molar-refractivity contribution in [1.82, 2.24) is 14.5 Å². The number of hydrogen-bond acceptors (Lipinski definition) is 4. The fraction of sp³-hybridized carbons (Fsp3) is 0.625. The number of alkyl halides is 1. The summed E-state index contributed by atoms with van der Waals surface area (Å²) in [4.78, 5) is 9.15. The van der Waals surface area contributed by atoms with Gasteiger partial charge in [-0.25, -0.2) is 14.4 Å². The number of nitrogen functional groups attached to an aromatic ring is 1. The molecule has 0 radical (unpaired) electrons. The minimum Gasteiger partial charge on any atom is -0.382 e. The fourth-order valence-electron chi connectivity index (χ4n) is 3.69. The standard InChI is InChI=1S/C16H21FN4O/c1-16(2,17)11-7-22-8-12-20-13-14(21(11)12)9-5-3-4-6-10(9)19-15(13)18/h11H,3-8H2,1-2H3,(H2,18,19)/t11-/m1/s1.